The van der Waals surface area contributed by atoms with Gasteiger partial charge in [0.1, 0.15) is 0 Å². The van der Waals surface area contributed by atoms with E-state index in [1.54, 1.807) is 0 Å². The molecule has 2 heteroatoms. The predicted octanol–water partition coefficient (Wildman–Crippen LogP) is 4.36. The van der Waals surface area contributed by atoms with Crippen LogP contribution in [0.5, 0.6) is 0 Å². The van der Waals surface area contributed by atoms with E-state index in [1.807, 2.05) is 0 Å². The van der Waals surface area contributed by atoms with Crippen molar-refractivity contribution in [1.29, 1.82) is 0 Å². The fourth-order valence-corrected chi connectivity index (χ4v) is 12.4. The third-order valence-corrected chi connectivity index (χ3v) is 18.8. The SMILES string of the molecule is CC/C=[C](/OCC)[Sn]([CH2]C)([CH2]C)[CH2]C. The summed E-state index contributed by atoms with van der Waals surface area (Å²) in [6.45, 7) is 12.2. The zero-order chi connectivity index (χ0) is 11.0. The normalized spacial score (nSPS) is 13.1. The molecule has 0 saturated heterocycles. The molecular weight excluding hydrogens is 279 g/mol. The van der Waals surface area contributed by atoms with E-state index in [0.717, 1.165) is 13.0 Å². The molecule has 0 unspecified atom stereocenters. The fraction of sp³-hybridized carbons (Fsp3) is 0.833. The van der Waals surface area contributed by atoms with E-state index >= 15 is 0 Å². The van der Waals surface area contributed by atoms with Crippen LogP contribution in [0.3, 0.4) is 0 Å². The van der Waals surface area contributed by atoms with Gasteiger partial charge in [0.2, 0.25) is 0 Å². The minimum absolute atomic E-state index is 0.838. The van der Waals surface area contributed by atoms with Crippen LogP contribution < -0.4 is 0 Å². The summed E-state index contributed by atoms with van der Waals surface area (Å²) < 4.78 is 11.4. The summed E-state index contributed by atoms with van der Waals surface area (Å²) in [5, 5.41) is 0. The topological polar surface area (TPSA) is 9.23 Å². The summed E-state index contributed by atoms with van der Waals surface area (Å²) in [6, 6.07) is 0. The van der Waals surface area contributed by atoms with Crippen molar-refractivity contribution < 1.29 is 4.74 Å². The molecule has 0 rings (SSSR count). The van der Waals surface area contributed by atoms with E-state index in [-0.39, 0.29) is 0 Å². The second kappa shape index (κ2) is 7.61. The van der Waals surface area contributed by atoms with E-state index in [1.165, 1.54) is 17.1 Å². The molecule has 0 amide bonds. The first-order valence-corrected chi connectivity index (χ1v) is 13.5. The van der Waals surface area contributed by atoms with Gasteiger partial charge in [0.15, 0.2) is 0 Å². The number of ether oxygens (including phenoxy) is 1. The van der Waals surface area contributed by atoms with Crippen LogP contribution >= 0.6 is 0 Å². The van der Waals surface area contributed by atoms with Crippen LogP contribution in [0.4, 0.5) is 0 Å². The summed E-state index contributed by atoms with van der Waals surface area (Å²) in [5.41, 5.74) is 0. The van der Waals surface area contributed by atoms with Gasteiger partial charge in [-0.2, -0.15) is 0 Å². The molecule has 0 fully saturated rings. The predicted molar refractivity (Wildman–Crippen MR) is 67.2 cm³/mol. The van der Waals surface area contributed by atoms with E-state index in [0.29, 0.717) is 0 Å². The minimum atomic E-state index is -2.04. The van der Waals surface area contributed by atoms with Crippen molar-refractivity contribution in [2.75, 3.05) is 6.61 Å². The Morgan fingerprint density at radius 2 is 1.50 bits per heavy atom. The van der Waals surface area contributed by atoms with Gasteiger partial charge in [0.25, 0.3) is 0 Å². The second-order valence-electron chi connectivity index (χ2n) is 3.75. The van der Waals surface area contributed by atoms with Crippen molar-refractivity contribution in [3.63, 3.8) is 0 Å². The molecule has 0 bridgehead atoms. The molecule has 1 nitrogen and oxygen atoms in total. The first-order chi connectivity index (χ1) is 6.70. The second-order valence-corrected chi connectivity index (χ2v) is 18.5. The van der Waals surface area contributed by atoms with Gasteiger partial charge < -0.3 is 0 Å². The Kier molecular flexibility index (Phi) is 7.79. The summed E-state index contributed by atoms with van der Waals surface area (Å²) in [5.74, 6) is 0. The van der Waals surface area contributed by atoms with Gasteiger partial charge in [-0.05, 0) is 0 Å². The van der Waals surface area contributed by atoms with Crippen molar-refractivity contribution in [3.05, 3.63) is 9.85 Å². The Bertz CT molecular complexity index is 163. The average Bonchev–Trinajstić information content (AvgIpc) is 2.22. The van der Waals surface area contributed by atoms with Crippen molar-refractivity contribution in [1.82, 2.24) is 0 Å². The summed E-state index contributed by atoms with van der Waals surface area (Å²) in [6.07, 6.45) is 3.46. The van der Waals surface area contributed by atoms with E-state index in [2.05, 4.69) is 40.7 Å². The van der Waals surface area contributed by atoms with E-state index in [4.69, 9.17) is 4.74 Å². The van der Waals surface area contributed by atoms with Gasteiger partial charge in [-0.15, -0.1) is 0 Å². The van der Waals surface area contributed by atoms with Crippen LogP contribution in [0.1, 0.15) is 41.0 Å². The first kappa shape index (κ1) is 14.3. The zero-order valence-electron chi connectivity index (χ0n) is 10.5. The molecule has 0 aromatic heterocycles. The van der Waals surface area contributed by atoms with E-state index in [9.17, 15) is 0 Å². The molecule has 0 aromatic carbocycles. The van der Waals surface area contributed by atoms with Gasteiger partial charge in [-0.3, -0.25) is 0 Å². The molecule has 0 N–H and O–H groups in total. The summed E-state index contributed by atoms with van der Waals surface area (Å²) in [4.78, 5) is 0. The number of hydrogen-bond acceptors (Lipinski definition) is 1. The third kappa shape index (κ3) is 3.48. The molecule has 14 heavy (non-hydrogen) atoms. The quantitative estimate of drug-likeness (QED) is 0.501. The molecule has 0 aliphatic rings. The van der Waals surface area contributed by atoms with Crippen molar-refractivity contribution in [3.8, 4) is 0 Å². The zero-order valence-corrected chi connectivity index (χ0v) is 13.4. The molecule has 0 aliphatic heterocycles. The fourth-order valence-electron chi connectivity index (χ4n) is 2.04. The molecule has 84 valence electrons. The maximum atomic E-state index is 5.88. The standard InChI is InChI=1S/C6H11O.3C2H5.Sn/c1-3-5-6-7-4-2;3*1-2;/h5H,3-4H2,1-2H3;3*1H2,2H3;. The maximum absolute atomic E-state index is 5.88. The molecule has 0 saturated carbocycles. The van der Waals surface area contributed by atoms with Crippen LogP contribution in [0.25, 0.3) is 0 Å². The van der Waals surface area contributed by atoms with Crippen LogP contribution in [-0.4, -0.2) is 25.0 Å². The van der Waals surface area contributed by atoms with Crippen molar-refractivity contribution >= 4 is 18.4 Å². The molecular formula is C12H26OSn. The Morgan fingerprint density at radius 3 is 1.79 bits per heavy atom. The molecule has 0 radical (unpaired) electrons. The Balaban J connectivity index is 4.80. The molecule has 0 aromatic rings. The van der Waals surface area contributed by atoms with Crippen LogP contribution in [0, 0.1) is 0 Å². The van der Waals surface area contributed by atoms with Gasteiger partial charge in [-0.25, -0.2) is 0 Å². The van der Waals surface area contributed by atoms with E-state index < -0.39 is 18.4 Å². The Morgan fingerprint density at radius 1 is 1.00 bits per heavy atom. The van der Waals surface area contributed by atoms with Gasteiger partial charge >= 0.3 is 93.9 Å². The summed E-state index contributed by atoms with van der Waals surface area (Å²) in [7, 11) is 0. The van der Waals surface area contributed by atoms with Gasteiger partial charge in [-0.1, -0.05) is 0 Å². The van der Waals surface area contributed by atoms with Crippen molar-refractivity contribution in [2.24, 2.45) is 0 Å². The molecule has 0 aliphatic carbocycles. The molecule has 0 atom stereocenters. The van der Waals surface area contributed by atoms with Gasteiger partial charge in [0, 0.05) is 0 Å². The Labute approximate surface area is 93.8 Å². The summed E-state index contributed by atoms with van der Waals surface area (Å²) >= 11 is -2.04. The van der Waals surface area contributed by atoms with Crippen molar-refractivity contribution in [2.45, 2.75) is 54.3 Å². The number of hydrogen-bond donors (Lipinski definition) is 0. The average molecular weight is 305 g/mol. The van der Waals surface area contributed by atoms with Gasteiger partial charge in [0.05, 0.1) is 0 Å². The number of rotatable bonds is 7. The molecule has 0 heterocycles. The number of allylic oxidation sites excluding steroid dienone is 1. The monoisotopic (exact) mass is 306 g/mol. The Hall–Kier alpha value is 0.339. The van der Waals surface area contributed by atoms with Crippen LogP contribution in [0.2, 0.25) is 13.3 Å². The first-order valence-electron chi connectivity index (χ1n) is 6.04. The molecule has 0 spiro atoms. The van der Waals surface area contributed by atoms with Crippen LogP contribution in [-0.2, 0) is 4.74 Å². The van der Waals surface area contributed by atoms with Crippen LogP contribution in [0.15, 0.2) is 9.85 Å². The third-order valence-electron chi connectivity index (χ3n) is 3.24.